The number of halogens is 1. The summed E-state index contributed by atoms with van der Waals surface area (Å²) in [5.41, 5.74) is 4.07. The molecule has 2 aromatic rings. The summed E-state index contributed by atoms with van der Waals surface area (Å²) < 4.78 is 13.1. The molecule has 4 rings (SSSR count). The lowest BCUT2D eigenvalue weighted by Crippen LogP contribution is -2.58. The molecule has 2 bridgehead atoms. The Bertz CT molecular complexity index is 772. The standard InChI is InChI=1S/C22H26FNO/c1-15-21-13-17-5-8-19(25)14-20(17)22(15,2)10-12-24(21)11-9-16-3-6-18(23)7-4-16/h3-8,14-15,21,25H,9-13H2,1-2H3/t15-,21+,22+/m1/s1. The van der Waals surface area contributed by atoms with Gasteiger partial charge in [-0.2, -0.15) is 0 Å². The van der Waals surface area contributed by atoms with Crippen molar-refractivity contribution >= 4 is 0 Å². The molecule has 0 aromatic heterocycles. The molecule has 3 heteroatoms. The number of benzene rings is 2. The van der Waals surface area contributed by atoms with Crippen molar-refractivity contribution in [2.75, 3.05) is 13.1 Å². The Morgan fingerprint density at radius 3 is 2.72 bits per heavy atom. The Morgan fingerprint density at radius 1 is 1.20 bits per heavy atom. The fourth-order valence-electron chi connectivity index (χ4n) is 4.90. The molecule has 1 heterocycles. The third-order valence-electron chi connectivity index (χ3n) is 6.71. The van der Waals surface area contributed by atoms with Crippen molar-refractivity contribution in [3.63, 3.8) is 0 Å². The Morgan fingerprint density at radius 2 is 1.96 bits per heavy atom. The van der Waals surface area contributed by atoms with Crippen molar-refractivity contribution in [2.45, 2.75) is 44.6 Å². The number of phenols is 1. The van der Waals surface area contributed by atoms with Crippen LogP contribution in [0.1, 0.15) is 37.0 Å². The van der Waals surface area contributed by atoms with E-state index in [1.807, 2.05) is 24.3 Å². The number of nitrogens with zero attached hydrogens (tertiary/aromatic N) is 1. The van der Waals surface area contributed by atoms with Crippen molar-refractivity contribution in [1.82, 2.24) is 4.90 Å². The van der Waals surface area contributed by atoms with Crippen LogP contribution < -0.4 is 0 Å². The van der Waals surface area contributed by atoms with Crippen molar-refractivity contribution < 1.29 is 9.50 Å². The van der Waals surface area contributed by atoms with E-state index in [9.17, 15) is 9.50 Å². The van der Waals surface area contributed by atoms with Gasteiger partial charge in [0.15, 0.2) is 0 Å². The van der Waals surface area contributed by atoms with Gasteiger partial charge in [-0.25, -0.2) is 4.39 Å². The molecule has 1 saturated heterocycles. The van der Waals surface area contributed by atoms with E-state index in [0.29, 0.717) is 17.7 Å². The second kappa shape index (κ2) is 6.14. The Balaban J connectivity index is 1.55. The van der Waals surface area contributed by atoms with E-state index in [2.05, 4.69) is 24.8 Å². The predicted octanol–water partition coefficient (Wildman–Crippen LogP) is 4.30. The van der Waals surface area contributed by atoms with E-state index < -0.39 is 0 Å². The minimum absolute atomic E-state index is 0.142. The van der Waals surface area contributed by atoms with Crippen LogP contribution in [0.25, 0.3) is 0 Å². The maximum atomic E-state index is 13.1. The zero-order valence-corrected chi connectivity index (χ0v) is 15.0. The summed E-state index contributed by atoms with van der Waals surface area (Å²) >= 11 is 0. The smallest absolute Gasteiger partial charge is 0.123 e. The topological polar surface area (TPSA) is 23.5 Å². The molecule has 0 unspecified atom stereocenters. The average Bonchev–Trinajstić information content (AvgIpc) is 2.60. The van der Waals surface area contributed by atoms with Crippen molar-refractivity contribution in [2.24, 2.45) is 5.92 Å². The zero-order valence-electron chi connectivity index (χ0n) is 15.0. The molecular weight excluding hydrogens is 313 g/mol. The van der Waals surface area contributed by atoms with E-state index in [1.54, 1.807) is 12.1 Å². The fraction of sp³-hybridized carbons (Fsp3) is 0.455. The van der Waals surface area contributed by atoms with Crippen molar-refractivity contribution in [3.8, 4) is 5.75 Å². The van der Waals surface area contributed by atoms with Gasteiger partial charge in [0, 0.05) is 12.6 Å². The highest BCUT2D eigenvalue weighted by atomic mass is 19.1. The number of piperidine rings is 1. The lowest BCUT2D eigenvalue weighted by atomic mass is 9.59. The van der Waals surface area contributed by atoms with Gasteiger partial charge in [-0.15, -0.1) is 0 Å². The largest absolute Gasteiger partial charge is 0.508 e. The molecule has 1 aliphatic heterocycles. The SMILES string of the molecule is C[C@@H]1[C@@H]2Cc3ccc(O)cc3[C@@]1(C)CCN2CCc1ccc(F)cc1. The van der Waals surface area contributed by atoms with Crippen molar-refractivity contribution in [1.29, 1.82) is 0 Å². The van der Waals surface area contributed by atoms with E-state index in [4.69, 9.17) is 0 Å². The quantitative estimate of drug-likeness (QED) is 0.901. The van der Waals surface area contributed by atoms with Gasteiger partial charge in [-0.1, -0.05) is 32.0 Å². The molecule has 1 fully saturated rings. The minimum atomic E-state index is -0.168. The molecule has 3 atom stereocenters. The zero-order chi connectivity index (χ0) is 17.6. The molecule has 2 nitrogen and oxygen atoms in total. The summed E-state index contributed by atoms with van der Waals surface area (Å²) in [6.45, 7) is 6.83. The third-order valence-corrected chi connectivity index (χ3v) is 6.71. The van der Waals surface area contributed by atoms with Gasteiger partial charge in [0.05, 0.1) is 0 Å². The van der Waals surface area contributed by atoms with Gasteiger partial charge < -0.3 is 5.11 Å². The third kappa shape index (κ3) is 2.85. The van der Waals surface area contributed by atoms with Crippen LogP contribution in [-0.4, -0.2) is 29.1 Å². The normalized spacial score (nSPS) is 28.6. The van der Waals surface area contributed by atoms with Crippen LogP contribution in [0, 0.1) is 11.7 Å². The molecule has 25 heavy (non-hydrogen) atoms. The highest BCUT2D eigenvalue weighted by molar-refractivity contribution is 5.44. The number of phenolic OH excluding ortho intramolecular Hbond substituents is 1. The number of rotatable bonds is 3. The summed E-state index contributed by atoms with van der Waals surface area (Å²) in [6, 6.07) is 13.3. The Labute approximate surface area is 149 Å². The van der Waals surface area contributed by atoms with Gasteiger partial charge in [-0.3, -0.25) is 4.90 Å². The van der Waals surface area contributed by atoms with Crippen LogP contribution in [0.2, 0.25) is 0 Å². The maximum absolute atomic E-state index is 13.1. The van der Waals surface area contributed by atoms with Crippen LogP contribution in [0.4, 0.5) is 4.39 Å². The van der Waals surface area contributed by atoms with Crippen molar-refractivity contribution in [3.05, 3.63) is 65.0 Å². The first-order valence-corrected chi connectivity index (χ1v) is 9.28. The van der Waals surface area contributed by atoms with E-state index in [-0.39, 0.29) is 11.2 Å². The summed E-state index contributed by atoms with van der Waals surface area (Å²) in [7, 11) is 0. The number of hydrogen-bond donors (Lipinski definition) is 1. The van der Waals surface area contributed by atoms with Crippen LogP contribution in [0.3, 0.4) is 0 Å². The lowest BCUT2D eigenvalue weighted by Gasteiger charge is -2.54. The number of likely N-dealkylation sites (tertiary alicyclic amines) is 1. The summed E-state index contributed by atoms with van der Waals surface area (Å²) in [5.74, 6) is 0.770. The second-order valence-electron chi connectivity index (χ2n) is 7.98. The Kier molecular flexibility index (Phi) is 4.07. The molecule has 0 amide bonds. The molecule has 2 aromatic carbocycles. The molecule has 2 aliphatic rings. The van der Waals surface area contributed by atoms with Gasteiger partial charge in [-0.05, 0) is 78.1 Å². The molecule has 0 radical (unpaired) electrons. The average molecular weight is 339 g/mol. The summed E-state index contributed by atoms with van der Waals surface area (Å²) in [6.07, 6.45) is 3.13. The molecule has 0 saturated carbocycles. The molecule has 1 N–H and O–H groups in total. The first-order chi connectivity index (χ1) is 12.0. The first kappa shape index (κ1) is 16.6. The molecule has 1 aliphatic carbocycles. The van der Waals surface area contributed by atoms with Gasteiger partial charge in [0.1, 0.15) is 11.6 Å². The summed E-state index contributed by atoms with van der Waals surface area (Å²) in [5, 5.41) is 9.93. The Hall–Kier alpha value is -1.87. The monoisotopic (exact) mass is 339 g/mol. The highest BCUT2D eigenvalue weighted by Gasteiger charge is 2.48. The maximum Gasteiger partial charge on any atom is 0.123 e. The minimum Gasteiger partial charge on any atom is -0.508 e. The van der Waals surface area contributed by atoms with Crippen LogP contribution in [-0.2, 0) is 18.3 Å². The van der Waals surface area contributed by atoms with E-state index in [0.717, 1.165) is 32.4 Å². The van der Waals surface area contributed by atoms with Crippen LogP contribution >= 0.6 is 0 Å². The lowest BCUT2D eigenvalue weighted by molar-refractivity contribution is 0.0322. The fourth-order valence-corrected chi connectivity index (χ4v) is 4.90. The number of fused-ring (bicyclic) bond motifs is 4. The highest BCUT2D eigenvalue weighted by Crippen LogP contribution is 2.49. The predicted molar refractivity (Wildman–Crippen MR) is 98.4 cm³/mol. The van der Waals surface area contributed by atoms with Gasteiger partial charge in [0.25, 0.3) is 0 Å². The molecule has 132 valence electrons. The number of aromatic hydroxyl groups is 1. The van der Waals surface area contributed by atoms with Gasteiger partial charge >= 0.3 is 0 Å². The molecular formula is C22H26FNO. The van der Waals surface area contributed by atoms with E-state index in [1.165, 1.54) is 16.7 Å². The second-order valence-corrected chi connectivity index (χ2v) is 7.98. The van der Waals surface area contributed by atoms with Crippen LogP contribution in [0.15, 0.2) is 42.5 Å². The molecule has 0 spiro atoms. The number of hydrogen-bond acceptors (Lipinski definition) is 2. The van der Waals surface area contributed by atoms with E-state index >= 15 is 0 Å². The van der Waals surface area contributed by atoms with Crippen LogP contribution in [0.5, 0.6) is 5.75 Å². The first-order valence-electron chi connectivity index (χ1n) is 9.28. The van der Waals surface area contributed by atoms with Gasteiger partial charge in [0.2, 0.25) is 0 Å². The summed E-state index contributed by atoms with van der Waals surface area (Å²) in [4.78, 5) is 2.62.